The highest BCUT2D eigenvalue weighted by atomic mass is 32.1. The van der Waals surface area contributed by atoms with Crippen molar-refractivity contribution in [1.29, 1.82) is 0 Å². The smallest absolute Gasteiger partial charge is 0.257 e. The van der Waals surface area contributed by atoms with Crippen LogP contribution in [0.25, 0.3) is 15.5 Å². The van der Waals surface area contributed by atoms with Gasteiger partial charge in [0.25, 0.3) is 5.91 Å². The molecule has 0 saturated heterocycles. The van der Waals surface area contributed by atoms with Gasteiger partial charge in [0.2, 0.25) is 4.96 Å². The fraction of sp³-hybridized carbons (Fsp3) is 0.150. The van der Waals surface area contributed by atoms with Gasteiger partial charge >= 0.3 is 0 Å². The molecule has 1 amide bonds. The van der Waals surface area contributed by atoms with Crippen molar-refractivity contribution in [1.82, 2.24) is 25.1 Å². The van der Waals surface area contributed by atoms with Gasteiger partial charge in [0.15, 0.2) is 10.9 Å². The average Bonchev–Trinajstić information content (AvgIpc) is 3.31. The molecule has 0 bridgehead atoms. The Morgan fingerprint density at radius 3 is 2.73 bits per heavy atom. The summed E-state index contributed by atoms with van der Waals surface area (Å²) in [7, 11) is 1.55. The van der Waals surface area contributed by atoms with E-state index in [-0.39, 0.29) is 11.0 Å². The van der Waals surface area contributed by atoms with E-state index in [4.69, 9.17) is 17.0 Å². The second-order valence-corrected chi connectivity index (χ2v) is 7.88. The number of nitrogens with zero attached hydrogens (tertiary/aromatic N) is 4. The van der Waals surface area contributed by atoms with E-state index in [0.717, 1.165) is 32.6 Å². The minimum absolute atomic E-state index is 0.216. The lowest BCUT2D eigenvalue weighted by Gasteiger charge is -2.13. The zero-order valence-corrected chi connectivity index (χ0v) is 18.1. The van der Waals surface area contributed by atoms with Gasteiger partial charge in [-0.25, -0.2) is 0 Å². The Balaban J connectivity index is 1.46. The summed E-state index contributed by atoms with van der Waals surface area (Å²) in [5, 5.41) is 19.5. The van der Waals surface area contributed by atoms with Crippen LogP contribution >= 0.6 is 23.6 Å². The Morgan fingerprint density at radius 2 is 2.00 bits per heavy atom. The lowest BCUT2D eigenvalue weighted by molar-refractivity contribution is 0.0977. The molecular weight excluding hydrogens is 420 g/mol. The number of thiocarbonyl (C=S) groups is 1. The van der Waals surface area contributed by atoms with Crippen LogP contribution in [0.1, 0.15) is 21.7 Å². The summed E-state index contributed by atoms with van der Waals surface area (Å²) in [5.74, 6) is 1.05. The molecule has 4 aromatic rings. The molecule has 30 heavy (non-hydrogen) atoms. The SMILES string of the molecule is COc1cccc(C(=O)NC(=S)Nc2ccc(-c3nn4c(C)nnc4s3)cc2C)c1. The lowest BCUT2D eigenvalue weighted by Crippen LogP contribution is -2.34. The molecule has 0 atom stereocenters. The highest BCUT2D eigenvalue weighted by molar-refractivity contribution is 7.80. The molecule has 8 nitrogen and oxygen atoms in total. The van der Waals surface area contributed by atoms with Gasteiger partial charge in [-0.15, -0.1) is 10.2 Å². The zero-order valence-electron chi connectivity index (χ0n) is 16.5. The van der Waals surface area contributed by atoms with Gasteiger partial charge in [0.05, 0.1) is 7.11 Å². The van der Waals surface area contributed by atoms with Crippen LogP contribution < -0.4 is 15.4 Å². The van der Waals surface area contributed by atoms with E-state index < -0.39 is 0 Å². The molecule has 0 unspecified atom stereocenters. The Hall–Kier alpha value is -3.37. The highest BCUT2D eigenvalue weighted by Crippen LogP contribution is 2.28. The van der Waals surface area contributed by atoms with E-state index in [1.54, 1.807) is 35.9 Å². The van der Waals surface area contributed by atoms with Crippen LogP contribution in [0, 0.1) is 13.8 Å². The first-order valence-electron chi connectivity index (χ1n) is 9.01. The fourth-order valence-corrected chi connectivity index (χ4v) is 3.95. The van der Waals surface area contributed by atoms with Crippen LogP contribution in [0.5, 0.6) is 5.75 Å². The Kier molecular flexibility index (Phi) is 5.42. The first kappa shape index (κ1) is 19.9. The standard InChI is InChI=1S/C20H18N6O2S2/c1-11-9-14(18-25-26-12(2)23-24-20(26)30-18)7-8-16(11)21-19(29)22-17(27)13-5-4-6-15(10-13)28-3/h4-10H,1-3H3,(H2,21,22,27,29). The van der Waals surface area contributed by atoms with Crippen molar-refractivity contribution < 1.29 is 9.53 Å². The number of hydrogen-bond acceptors (Lipinski definition) is 7. The second kappa shape index (κ2) is 8.17. The van der Waals surface area contributed by atoms with E-state index in [2.05, 4.69) is 25.9 Å². The normalized spacial score (nSPS) is 10.8. The number of fused-ring (bicyclic) bond motifs is 1. The Bertz CT molecular complexity index is 1260. The van der Waals surface area contributed by atoms with E-state index in [9.17, 15) is 4.79 Å². The molecule has 2 heterocycles. The van der Waals surface area contributed by atoms with Crippen LogP contribution in [0.4, 0.5) is 5.69 Å². The molecule has 2 aromatic carbocycles. The van der Waals surface area contributed by atoms with E-state index in [1.165, 1.54) is 11.3 Å². The van der Waals surface area contributed by atoms with Gasteiger partial charge in [-0.05, 0) is 68.0 Å². The number of aromatic nitrogens is 4. The number of carbonyl (C=O) groups excluding carboxylic acids is 1. The molecular formula is C20H18N6O2S2. The van der Waals surface area contributed by atoms with Crippen molar-refractivity contribution in [2.75, 3.05) is 12.4 Å². The molecule has 10 heteroatoms. The van der Waals surface area contributed by atoms with E-state index in [1.807, 2.05) is 32.0 Å². The van der Waals surface area contributed by atoms with Gasteiger partial charge in [-0.3, -0.25) is 10.1 Å². The topological polar surface area (TPSA) is 93.4 Å². The summed E-state index contributed by atoms with van der Waals surface area (Å²) < 4.78 is 6.87. The summed E-state index contributed by atoms with van der Waals surface area (Å²) in [6.07, 6.45) is 0. The number of nitrogens with one attached hydrogen (secondary N) is 2. The van der Waals surface area contributed by atoms with Gasteiger partial charge in [0.1, 0.15) is 10.8 Å². The largest absolute Gasteiger partial charge is 0.497 e. The summed E-state index contributed by atoms with van der Waals surface area (Å²) in [4.78, 5) is 13.2. The first-order valence-corrected chi connectivity index (χ1v) is 10.2. The van der Waals surface area contributed by atoms with Crippen LogP contribution in [0.15, 0.2) is 42.5 Å². The Labute approximate surface area is 181 Å². The summed E-state index contributed by atoms with van der Waals surface area (Å²) in [6, 6.07) is 12.7. The number of methoxy groups -OCH3 is 1. The number of amides is 1. The van der Waals surface area contributed by atoms with Crippen LogP contribution in [0.3, 0.4) is 0 Å². The molecule has 152 valence electrons. The van der Waals surface area contributed by atoms with Gasteiger partial charge in [-0.2, -0.15) is 9.61 Å². The van der Waals surface area contributed by atoms with Crippen molar-refractivity contribution in [2.24, 2.45) is 0 Å². The first-order chi connectivity index (χ1) is 14.4. The number of ether oxygens (including phenoxy) is 1. The summed E-state index contributed by atoms with van der Waals surface area (Å²) in [6.45, 7) is 3.83. The van der Waals surface area contributed by atoms with Crippen molar-refractivity contribution >= 4 is 45.2 Å². The Morgan fingerprint density at radius 1 is 1.17 bits per heavy atom. The number of hydrogen-bond donors (Lipinski definition) is 2. The fourth-order valence-electron chi connectivity index (χ4n) is 2.86. The van der Waals surface area contributed by atoms with Crippen molar-refractivity contribution in [3.8, 4) is 16.3 Å². The van der Waals surface area contributed by atoms with Crippen LogP contribution in [-0.2, 0) is 0 Å². The molecule has 4 rings (SSSR count). The number of anilines is 1. The van der Waals surface area contributed by atoms with E-state index in [0.29, 0.717) is 11.3 Å². The third-order valence-corrected chi connectivity index (χ3v) is 5.58. The molecule has 2 aromatic heterocycles. The summed E-state index contributed by atoms with van der Waals surface area (Å²) >= 11 is 6.78. The van der Waals surface area contributed by atoms with Crippen molar-refractivity contribution in [3.63, 3.8) is 0 Å². The monoisotopic (exact) mass is 438 g/mol. The molecule has 2 N–H and O–H groups in total. The number of rotatable bonds is 4. The van der Waals surface area contributed by atoms with Crippen molar-refractivity contribution in [3.05, 3.63) is 59.4 Å². The average molecular weight is 439 g/mol. The van der Waals surface area contributed by atoms with Gasteiger partial charge in [-0.1, -0.05) is 17.4 Å². The highest BCUT2D eigenvalue weighted by Gasteiger charge is 2.13. The molecule has 0 spiro atoms. The number of aryl methyl sites for hydroxylation is 2. The zero-order chi connectivity index (χ0) is 21.3. The maximum absolute atomic E-state index is 12.4. The molecule has 0 fully saturated rings. The predicted molar refractivity (Wildman–Crippen MR) is 120 cm³/mol. The molecule has 0 saturated carbocycles. The number of carbonyl (C=O) groups is 1. The summed E-state index contributed by atoms with van der Waals surface area (Å²) in [5.41, 5.74) is 3.20. The van der Waals surface area contributed by atoms with Crippen LogP contribution in [0.2, 0.25) is 0 Å². The molecule has 0 aliphatic rings. The van der Waals surface area contributed by atoms with Gasteiger partial charge < -0.3 is 10.1 Å². The van der Waals surface area contributed by atoms with E-state index >= 15 is 0 Å². The minimum atomic E-state index is -0.309. The maximum Gasteiger partial charge on any atom is 0.257 e. The third kappa shape index (κ3) is 4.00. The second-order valence-electron chi connectivity index (χ2n) is 6.52. The molecule has 0 aliphatic carbocycles. The lowest BCUT2D eigenvalue weighted by atomic mass is 10.1. The quantitative estimate of drug-likeness (QED) is 0.470. The minimum Gasteiger partial charge on any atom is -0.497 e. The third-order valence-electron chi connectivity index (χ3n) is 4.43. The van der Waals surface area contributed by atoms with Crippen molar-refractivity contribution in [2.45, 2.75) is 13.8 Å². The molecule has 0 radical (unpaired) electrons. The predicted octanol–water partition coefficient (Wildman–Crippen LogP) is 3.61. The van der Waals surface area contributed by atoms with Crippen LogP contribution in [-0.4, -0.2) is 37.9 Å². The maximum atomic E-state index is 12.4. The van der Waals surface area contributed by atoms with Gasteiger partial charge in [0, 0.05) is 16.8 Å². The number of benzene rings is 2. The molecule has 0 aliphatic heterocycles.